The number of ketones is 1. The molecular formula is C12H11NO. The Bertz CT molecular complexity index is 434. The normalized spacial score (nSPS) is 23.6. The van der Waals surface area contributed by atoms with E-state index in [4.69, 9.17) is 0 Å². The van der Waals surface area contributed by atoms with Crippen LogP contribution in [0.5, 0.6) is 0 Å². The van der Waals surface area contributed by atoms with Gasteiger partial charge in [-0.3, -0.25) is 4.79 Å². The minimum Gasteiger partial charge on any atom is -0.371 e. The Morgan fingerprint density at radius 3 is 3.07 bits per heavy atom. The van der Waals surface area contributed by atoms with Crippen LogP contribution in [0.15, 0.2) is 30.3 Å². The SMILES string of the molecule is O=C1CCC=C2c3ccccc3NC12. The second-order valence-corrected chi connectivity index (χ2v) is 3.79. The maximum atomic E-state index is 11.6. The van der Waals surface area contributed by atoms with Gasteiger partial charge in [-0.15, -0.1) is 0 Å². The lowest BCUT2D eigenvalue weighted by molar-refractivity contribution is -0.118. The van der Waals surface area contributed by atoms with Crippen molar-refractivity contribution >= 4 is 17.0 Å². The lowest BCUT2D eigenvalue weighted by Crippen LogP contribution is -2.28. The van der Waals surface area contributed by atoms with E-state index in [1.165, 1.54) is 11.1 Å². The van der Waals surface area contributed by atoms with E-state index in [0.29, 0.717) is 12.2 Å². The molecule has 1 atom stereocenters. The molecule has 1 aromatic carbocycles. The van der Waals surface area contributed by atoms with Gasteiger partial charge in [0.05, 0.1) is 0 Å². The van der Waals surface area contributed by atoms with Gasteiger partial charge < -0.3 is 5.32 Å². The standard InChI is InChI=1S/C12H11NO/c14-11-7-3-5-9-8-4-1-2-6-10(8)13-12(9)11/h1-2,4-6,12-13H,3,7H2. The van der Waals surface area contributed by atoms with Crippen LogP contribution >= 0.6 is 0 Å². The molecule has 1 heterocycles. The fourth-order valence-electron chi connectivity index (χ4n) is 2.25. The Morgan fingerprint density at radius 2 is 2.14 bits per heavy atom. The summed E-state index contributed by atoms with van der Waals surface area (Å²) in [6.45, 7) is 0. The lowest BCUT2D eigenvalue weighted by Gasteiger charge is -2.16. The summed E-state index contributed by atoms with van der Waals surface area (Å²) < 4.78 is 0. The highest BCUT2D eigenvalue weighted by Crippen LogP contribution is 2.38. The van der Waals surface area contributed by atoms with Crippen molar-refractivity contribution in [2.75, 3.05) is 5.32 Å². The van der Waals surface area contributed by atoms with Crippen LogP contribution in [0.3, 0.4) is 0 Å². The molecule has 1 N–H and O–H groups in total. The summed E-state index contributed by atoms with van der Waals surface area (Å²) in [7, 11) is 0. The van der Waals surface area contributed by atoms with Gasteiger partial charge in [0.1, 0.15) is 6.04 Å². The molecule has 2 aliphatic rings. The molecule has 2 nitrogen and oxygen atoms in total. The second-order valence-electron chi connectivity index (χ2n) is 3.79. The van der Waals surface area contributed by atoms with Crippen LogP contribution in [0.2, 0.25) is 0 Å². The summed E-state index contributed by atoms with van der Waals surface area (Å²) in [5, 5.41) is 3.27. The zero-order valence-corrected chi connectivity index (χ0v) is 7.79. The van der Waals surface area contributed by atoms with Crippen LogP contribution in [0, 0.1) is 0 Å². The zero-order chi connectivity index (χ0) is 9.54. The molecule has 0 amide bonds. The van der Waals surface area contributed by atoms with Gasteiger partial charge in [-0.25, -0.2) is 0 Å². The number of carbonyl (C=O) groups excluding carboxylic acids is 1. The number of benzene rings is 1. The van der Waals surface area contributed by atoms with Gasteiger partial charge in [-0.1, -0.05) is 24.3 Å². The molecule has 1 unspecified atom stereocenters. The Kier molecular flexibility index (Phi) is 1.51. The van der Waals surface area contributed by atoms with Crippen LogP contribution in [-0.4, -0.2) is 11.8 Å². The molecule has 0 saturated carbocycles. The molecule has 0 bridgehead atoms. The number of hydrogen-bond donors (Lipinski definition) is 1. The van der Waals surface area contributed by atoms with Crippen LogP contribution in [0.4, 0.5) is 5.69 Å². The van der Waals surface area contributed by atoms with E-state index in [-0.39, 0.29) is 6.04 Å². The van der Waals surface area contributed by atoms with Crippen molar-refractivity contribution in [2.24, 2.45) is 0 Å². The molecule has 3 rings (SSSR count). The van der Waals surface area contributed by atoms with Crippen molar-refractivity contribution in [1.29, 1.82) is 0 Å². The molecular weight excluding hydrogens is 174 g/mol. The van der Waals surface area contributed by atoms with E-state index in [2.05, 4.69) is 17.5 Å². The topological polar surface area (TPSA) is 29.1 Å². The largest absolute Gasteiger partial charge is 0.371 e. The number of hydrogen-bond acceptors (Lipinski definition) is 2. The summed E-state index contributed by atoms with van der Waals surface area (Å²) in [5.74, 6) is 0.318. The molecule has 0 radical (unpaired) electrons. The molecule has 1 aromatic rings. The second kappa shape index (κ2) is 2.71. The minimum atomic E-state index is -0.0684. The van der Waals surface area contributed by atoms with E-state index in [1.54, 1.807) is 0 Å². The smallest absolute Gasteiger partial charge is 0.159 e. The first kappa shape index (κ1) is 7.80. The highest BCUT2D eigenvalue weighted by atomic mass is 16.1. The van der Waals surface area contributed by atoms with Gasteiger partial charge in [0.25, 0.3) is 0 Å². The molecule has 1 aliphatic heterocycles. The highest BCUT2D eigenvalue weighted by molar-refractivity contribution is 6.06. The number of fused-ring (bicyclic) bond motifs is 3. The van der Waals surface area contributed by atoms with Crippen molar-refractivity contribution < 1.29 is 4.79 Å². The summed E-state index contributed by atoms with van der Waals surface area (Å²) in [6, 6.07) is 8.05. The van der Waals surface area contributed by atoms with Gasteiger partial charge in [0, 0.05) is 17.7 Å². The fourth-order valence-corrected chi connectivity index (χ4v) is 2.25. The van der Waals surface area contributed by atoms with Gasteiger partial charge in [-0.05, 0) is 18.1 Å². The summed E-state index contributed by atoms with van der Waals surface area (Å²) in [6.07, 6.45) is 3.75. The van der Waals surface area contributed by atoms with E-state index in [0.717, 1.165) is 12.1 Å². The summed E-state index contributed by atoms with van der Waals surface area (Å²) in [5.41, 5.74) is 3.47. The first-order valence-corrected chi connectivity index (χ1v) is 4.95. The Hall–Kier alpha value is -1.57. The number of anilines is 1. The van der Waals surface area contributed by atoms with Gasteiger partial charge >= 0.3 is 0 Å². The van der Waals surface area contributed by atoms with Crippen LogP contribution in [-0.2, 0) is 4.79 Å². The van der Waals surface area contributed by atoms with Crippen molar-refractivity contribution in [1.82, 2.24) is 0 Å². The number of para-hydroxylation sites is 1. The van der Waals surface area contributed by atoms with Gasteiger partial charge in [0.15, 0.2) is 5.78 Å². The first-order valence-electron chi connectivity index (χ1n) is 4.95. The molecule has 70 valence electrons. The molecule has 14 heavy (non-hydrogen) atoms. The van der Waals surface area contributed by atoms with Gasteiger partial charge in [0.2, 0.25) is 0 Å². The number of allylic oxidation sites excluding steroid dienone is 1. The zero-order valence-electron chi connectivity index (χ0n) is 7.79. The summed E-state index contributed by atoms with van der Waals surface area (Å²) in [4.78, 5) is 11.6. The lowest BCUT2D eigenvalue weighted by atomic mass is 9.91. The summed E-state index contributed by atoms with van der Waals surface area (Å²) >= 11 is 0. The maximum absolute atomic E-state index is 11.6. The van der Waals surface area contributed by atoms with E-state index >= 15 is 0 Å². The van der Waals surface area contributed by atoms with Crippen LogP contribution < -0.4 is 5.32 Å². The van der Waals surface area contributed by atoms with Crippen LogP contribution in [0.25, 0.3) is 5.57 Å². The average molecular weight is 185 g/mol. The highest BCUT2D eigenvalue weighted by Gasteiger charge is 2.32. The van der Waals surface area contributed by atoms with Crippen molar-refractivity contribution in [3.8, 4) is 0 Å². The Balaban J connectivity index is 2.15. The fraction of sp³-hybridized carbons (Fsp3) is 0.250. The number of rotatable bonds is 0. The van der Waals surface area contributed by atoms with Crippen molar-refractivity contribution in [2.45, 2.75) is 18.9 Å². The molecule has 0 spiro atoms. The van der Waals surface area contributed by atoms with Gasteiger partial charge in [-0.2, -0.15) is 0 Å². The maximum Gasteiger partial charge on any atom is 0.159 e. The molecule has 2 heteroatoms. The van der Waals surface area contributed by atoms with Crippen molar-refractivity contribution in [3.05, 3.63) is 35.9 Å². The molecule has 0 fully saturated rings. The molecule has 1 aliphatic carbocycles. The Labute approximate surface area is 82.6 Å². The van der Waals surface area contributed by atoms with Crippen LogP contribution in [0.1, 0.15) is 18.4 Å². The third kappa shape index (κ3) is 0.939. The third-order valence-corrected chi connectivity index (χ3v) is 2.93. The van der Waals surface area contributed by atoms with E-state index in [1.807, 2.05) is 18.2 Å². The van der Waals surface area contributed by atoms with E-state index in [9.17, 15) is 4.79 Å². The predicted molar refractivity (Wildman–Crippen MR) is 56.1 cm³/mol. The average Bonchev–Trinajstić information content (AvgIpc) is 2.59. The predicted octanol–water partition coefficient (Wildman–Crippen LogP) is 2.23. The minimum absolute atomic E-state index is 0.0684. The van der Waals surface area contributed by atoms with Crippen molar-refractivity contribution in [3.63, 3.8) is 0 Å². The first-order chi connectivity index (χ1) is 6.86. The number of nitrogens with one attached hydrogen (secondary N) is 1. The monoisotopic (exact) mass is 185 g/mol. The quantitative estimate of drug-likeness (QED) is 0.671. The third-order valence-electron chi connectivity index (χ3n) is 2.93. The van der Waals surface area contributed by atoms with E-state index < -0.39 is 0 Å². The number of carbonyl (C=O) groups is 1. The molecule has 0 aromatic heterocycles. The molecule has 0 saturated heterocycles. The Morgan fingerprint density at radius 1 is 1.29 bits per heavy atom. The number of Topliss-reactive ketones (excluding diaryl/α,β-unsaturated/α-hetero) is 1.